The standard InChI is InChI=1S/C25H31F6N3O5/c1-23(2,3)39-22(38)34-13-18(35)12-19(34)21(37)33-6-4-14(5-7-33)8-20(36)32-17-10-15(24(26,27)28)9-16(11-17)25(29,30)31/h9-11,14,18-19,35H,4-8,12-13H2,1-3H3,(H,32,36). The number of anilines is 1. The van der Waals surface area contributed by atoms with Crippen LogP contribution >= 0.6 is 0 Å². The second kappa shape index (κ2) is 11.2. The number of ether oxygens (including phenoxy) is 1. The van der Waals surface area contributed by atoms with Gasteiger partial charge >= 0.3 is 18.4 Å². The highest BCUT2D eigenvalue weighted by Crippen LogP contribution is 2.37. The van der Waals surface area contributed by atoms with Crippen molar-refractivity contribution < 1.29 is 50.6 Å². The molecule has 2 unspecified atom stereocenters. The van der Waals surface area contributed by atoms with Crippen LogP contribution in [0.25, 0.3) is 0 Å². The molecule has 3 rings (SSSR count). The molecule has 1 aromatic carbocycles. The summed E-state index contributed by atoms with van der Waals surface area (Å²) in [5.74, 6) is -1.38. The van der Waals surface area contributed by atoms with Gasteiger partial charge in [0.1, 0.15) is 11.6 Å². The summed E-state index contributed by atoms with van der Waals surface area (Å²) in [7, 11) is 0. The summed E-state index contributed by atoms with van der Waals surface area (Å²) in [6.07, 6.45) is -11.1. The summed E-state index contributed by atoms with van der Waals surface area (Å²) in [5, 5.41) is 12.2. The minimum Gasteiger partial charge on any atom is -0.444 e. The first-order valence-electron chi connectivity index (χ1n) is 12.4. The number of benzene rings is 1. The number of halogens is 6. The fourth-order valence-electron chi connectivity index (χ4n) is 4.64. The highest BCUT2D eigenvalue weighted by molar-refractivity contribution is 5.91. The molecule has 39 heavy (non-hydrogen) atoms. The molecule has 14 heteroatoms. The zero-order valence-corrected chi connectivity index (χ0v) is 21.7. The molecule has 0 radical (unpaired) electrons. The number of hydrogen-bond donors (Lipinski definition) is 2. The van der Waals surface area contributed by atoms with Crippen LogP contribution in [0.5, 0.6) is 0 Å². The van der Waals surface area contributed by atoms with E-state index in [1.54, 1.807) is 20.8 Å². The number of likely N-dealkylation sites (tertiary alicyclic amines) is 2. The van der Waals surface area contributed by atoms with Crippen molar-refractivity contribution in [2.45, 2.75) is 76.6 Å². The number of nitrogens with one attached hydrogen (secondary N) is 1. The fraction of sp³-hybridized carbons (Fsp3) is 0.640. The maximum absolute atomic E-state index is 13.1. The van der Waals surface area contributed by atoms with E-state index in [2.05, 4.69) is 5.32 Å². The number of rotatable bonds is 4. The van der Waals surface area contributed by atoms with E-state index in [4.69, 9.17) is 4.74 Å². The third-order valence-electron chi connectivity index (χ3n) is 6.46. The number of amides is 3. The minimum absolute atomic E-state index is 0.0182. The lowest BCUT2D eigenvalue weighted by atomic mass is 9.92. The van der Waals surface area contributed by atoms with E-state index in [-0.39, 0.29) is 50.4 Å². The molecule has 2 aliphatic heterocycles. The van der Waals surface area contributed by atoms with Crippen molar-refractivity contribution in [2.75, 3.05) is 25.0 Å². The number of piperidine rings is 1. The van der Waals surface area contributed by atoms with Crippen molar-refractivity contribution in [3.8, 4) is 0 Å². The number of nitrogens with zero attached hydrogens (tertiary/aromatic N) is 2. The molecule has 2 heterocycles. The molecule has 0 aliphatic carbocycles. The minimum atomic E-state index is -5.03. The van der Waals surface area contributed by atoms with Crippen LogP contribution in [0.15, 0.2) is 18.2 Å². The Kier molecular flexibility index (Phi) is 8.78. The van der Waals surface area contributed by atoms with Gasteiger partial charge < -0.3 is 20.1 Å². The van der Waals surface area contributed by atoms with Crippen LogP contribution in [0.2, 0.25) is 0 Å². The topological polar surface area (TPSA) is 99.2 Å². The van der Waals surface area contributed by atoms with Gasteiger partial charge in [-0.1, -0.05) is 0 Å². The van der Waals surface area contributed by atoms with Gasteiger partial charge in [-0.3, -0.25) is 14.5 Å². The average molecular weight is 568 g/mol. The molecule has 0 saturated carbocycles. The summed E-state index contributed by atoms with van der Waals surface area (Å²) < 4.78 is 83.7. The van der Waals surface area contributed by atoms with Gasteiger partial charge in [0.05, 0.1) is 23.8 Å². The number of aliphatic hydroxyl groups is 1. The van der Waals surface area contributed by atoms with Gasteiger partial charge in [-0.2, -0.15) is 26.3 Å². The molecule has 0 spiro atoms. The second-order valence-electron chi connectivity index (χ2n) is 10.9. The zero-order chi connectivity index (χ0) is 29.3. The third kappa shape index (κ3) is 8.23. The summed E-state index contributed by atoms with van der Waals surface area (Å²) >= 11 is 0. The van der Waals surface area contributed by atoms with Gasteiger partial charge in [0.2, 0.25) is 11.8 Å². The number of hydrogen-bond acceptors (Lipinski definition) is 5. The zero-order valence-electron chi connectivity index (χ0n) is 21.7. The van der Waals surface area contributed by atoms with Gasteiger partial charge in [0.25, 0.3) is 0 Å². The Bertz CT molecular complexity index is 1050. The molecule has 2 saturated heterocycles. The molecule has 1 aromatic rings. The van der Waals surface area contributed by atoms with Gasteiger partial charge in [0.15, 0.2) is 0 Å². The van der Waals surface area contributed by atoms with Crippen LogP contribution in [0, 0.1) is 5.92 Å². The van der Waals surface area contributed by atoms with Crippen LogP contribution in [-0.2, 0) is 26.7 Å². The highest BCUT2D eigenvalue weighted by atomic mass is 19.4. The van der Waals surface area contributed by atoms with Crippen molar-refractivity contribution in [3.63, 3.8) is 0 Å². The van der Waals surface area contributed by atoms with E-state index in [0.717, 1.165) is 0 Å². The molecular formula is C25H31F6N3O5. The van der Waals surface area contributed by atoms with Crippen LogP contribution < -0.4 is 5.32 Å². The predicted molar refractivity (Wildman–Crippen MR) is 126 cm³/mol. The summed E-state index contributed by atoms with van der Waals surface area (Å²) in [4.78, 5) is 40.8. The van der Waals surface area contributed by atoms with Crippen molar-refractivity contribution in [1.82, 2.24) is 9.80 Å². The molecular weight excluding hydrogens is 536 g/mol. The van der Waals surface area contributed by atoms with Gasteiger partial charge in [-0.15, -0.1) is 0 Å². The number of aliphatic hydroxyl groups excluding tert-OH is 1. The summed E-state index contributed by atoms with van der Waals surface area (Å²) in [6.45, 7) is 5.44. The molecule has 3 amide bonds. The Hall–Kier alpha value is -3.03. The van der Waals surface area contributed by atoms with Crippen molar-refractivity contribution in [2.24, 2.45) is 5.92 Å². The molecule has 8 nitrogen and oxygen atoms in total. The smallest absolute Gasteiger partial charge is 0.416 e. The second-order valence-corrected chi connectivity index (χ2v) is 10.9. The van der Waals surface area contributed by atoms with E-state index in [1.807, 2.05) is 0 Å². The van der Waals surface area contributed by atoms with Crippen molar-refractivity contribution in [1.29, 1.82) is 0 Å². The number of carbonyl (C=O) groups excluding carboxylic acids is 3. The van der Waals surface area contributed by atoms with Gasteiger partial charge in [-0.05, 0) is 57.7 Å². The Balaban J connectivity index is 1.58. The molecule has 2 N–H and O–H groups in total. The van der Waals surface area contributed by atoms with Crippen LogP contribution in [-0.4, -0.2) is 70.2 Å². The quantitative estimate of drug-likeness (QED) is 0.516. The Labute approximate surface area is 221 Å². The summed E-state index contributed by atoms with van der Waals surface area (Å²) in [6, 6.07) is -0.0318. The fourth-order valence-corrected chi connectivity index (χ4v) is 4.64. The Morgan fingerprint density at radius 2 is 1.51 bits per heavy atom. The summed E-state index contributed by atoms with van der Waals surface area (Å²) in [5.41, 5.74) is -4.47. The Morgan fingerprint density at radius 3 is 2.00 bits per heavy atom. The third-order valence-corrected chi connectivity index (χ3v) is 6.46. The predicted octanol–water partition coefficient (Wildman–Crippen LogP) is 4.66. The lowest BCUT2D eigenvalue weighted by Crippen LogP contribution is -2.51. The van der Waals surface area contributed by atoms with Crippen LogP contribution in [0.3, 0.4) is 0 Å². The van der Waals surface area contributed by atoms with E-state index in [1.165, 1.54) is 9.80 Å². The maximum Gasteiger partial charge on any atom is 0.416 e. The van der Waals surface area contributed by atoms with Crippen molar-refractivity contribution >= 4 is 23.6 Å². The largest absolute Gasteiger partial charge is 0.444 e. The average Bonchev–Trinajstić information content (AvgIpc) is 3.18. The number of β-amino-alcohol motifs (C(OH)–C–C–N with tert-alkyl or cyclic N) is 1. The first-order chi connectivity index (χ1) is 17.8. The maximum atomic E-state index is 13.1. The van der Waals surface area contributed by atoms with Crippen LogP contribution in [0.4, 0.5) is 36.8 Å². The SMILES string of the molecule is CC(C)(C)OC(=O)N1CC(O)CC1C(=O)N1CCC(CC(=O)Nc2cc(C(F)(F)F)cc(C(F)(F)F)c2)CC1. The number of carbonyl (C=O) groups is 3. The molecule has 2 fully saturated rings. The first kappa shape index (κ1) is 30.5. The molecule has 2 atom stereocenters. The molecule has 218 valence electrons. The lowest BCUT2D eigenvalue weighted by Gasteiger charge is -2.35. The van der Waals surface area contributed by atoms with E-state index in [9.17, 15) is 45.8 Å². The van der Waals surface area contributed by atoms with E-state index >= 15 is 0 Å². The van der Waals surface area contributed by atoms with Crippen molar-refractivity contribution in [3.05, 3.63) is 29.3 Å². The highest BCUT2D eigenvalue weighted by Gasteiger charge is 2.43. The normalized spacial score (nSPS) is 21.2. The monoisotopic (exact) mass is 567 g/mol. The molecule has 0 bridgehead atoms. The van der Waals surface area contributed by atoms with Crippen LogP contribution in [0.1, 0.15) is 57.6 Å². The molecule has 2 aliphatic rings. The van der Waals surface area contributed by atoms with Gasteiger partial charge in [-0.25, -0.2) is 4.79 Å². The van der Waals surface area contributed by atoms with E-state index < -0.39 is 58.9 Å². The van der Waals surface area contributed by atoms with E-state index in [0.29, 0.717) is 25.0 Å². The Morgan fingerprint density at radius 1 is 0.974 bits per heavy atom. The lowest BCUT2D eigenvalue weighted by molar-refractivity contribution is -0.143. The van der Waals surface area contributed by atoms with Gasteiger partial charge in [0, 0.05) is 31.6 Å². The molecule has 0 aromatic heterocycles. The number of alkyl halides is 6. The first-order valence-corrected chi connectivity index (χ1v) is 12.4.